The predicted octanol–water partition coefficient (Wildman–Crippen LogP) is 1.82. The molecule has 5 heteroatoms. The van der Waals surface area contributed by atoms with E-state index in [2.05, 4.69) is 22.6 Å². The second-order valence-electron chi connectivity index (χ2n) is 2.73. The van der Waals surface area contributed by atoms with Crippen LogP contribution in [0.15, 0.2) is 17.6 Å². The van der Waals surface area contributed by atoms with Crippen LogP contribution in [0.25, 0.3) is 0 Å². The van der Waals surface area contributed by atoms with Crippen LogP contribution >= 0.6 is 24.4 Å². The molecule has 3 nitrogen and oxygen atoms in total. The third-order valence-corrected chi connectivity index (χ3v) is 2.47. The zero-order chi connectivity index (χ0) is 10.2. The lowest BCUT2D eigenvalue weighted by molar-refractivity contribution is 0.167. The van der Waals surface area contributed by atoms with Crippen molar-refractivity contribution in [2.45, 2.75) is 12.1 Å². The number of rotatable bonds is 6. The van der Waals surface area contributed by atoms with Crippen LogP contribution in [0.1, 0.15) is 5.56 Å². The van der Waals surface area contributed by atoms with Gasteiger partial charge >= 0.3 is 0 Å². The first-order chi connectivity index (χ1) is 6.83. The minimum absolute atomic E-state index is 0.707. The van der Waals surface area contributed by atoms with Crippen LogP contribution in [0.5, 0.6) is 0 Å². The molecule has 0 atom stereocenters. The van der Waals surface area contributed by atoms with Crippen LogP contribution in [0.4, 0.5) is 0 Å². The summed E-state index contributed by atoms with van der Waals surface area (Å²) in [5.74, 6) is 1.66. The monoisotopic (exact) mass is 230 g/mol. The molecule has 0 unspecified atom stereocenters. The van der Waals surface area contributed by atoms with Crippen LogP contribution in [0.3, 0.4) is 0 Å². The van der Waals surface area contributed by atoms with Crippen LogP contribution in [0.2, 0.25) is 0 Å². The Hall–Kier alpha value is -0.260. The zero-order valence-corrected chi connectivity index (χ0v) is 9.85. The number of ether oxygens (including phenoxy) is 1. The Balaban J connectivity index is 2.15. The number of thioether (sulfide) groups is 1. The quantitative estimate of drug-likeness (QED) is 0.350. The summed E-state index contributed by atoms with van der Waals surface area (Å²) in [5.41, 5.74) is 1.08. The van der Waals surface area contributed by atoms with Gasteiger partial charge in [-0.1, -0.05) is 11.8 Å². The van der Waals surface area contributed by atoms with Gasteiger partial charge in [0.15, 0.2) is 5.16 Å². The number of nitrogens with zero attached hydrogens (tertiary/aromatic N) is 2. The highest BCUT2D eigenvalue weighted by molar-refractivity contribution is 7.99. The highest BCUT2D eigenvalue weighted by Crippen LogP contribution is 2.11. The Morgan fingerprint density at radius 1 is 1.36 bits per heavy atom. The first kappa shape index (κ1) is 11.8. The molecule has 0 fully saturated rings. The summed E-state index contributed by atoms with van der Waals surface area (Å²) >= 11 is 5.65. The third-order valence-electron chi connectivity index (χ3n) is 1.45. The highest BCUT2D eigenvalue weighted by atomic mass is 32.2. The molecule has 0 N–H and O–H groups in total. The third kappa shape index (κ3) is 4.83. The molecule has 0 amide bonds. The molecule has 1 aromatic rings. The fraction of sp³-hybridized carbons (Fsp3) is 0.556. The molecule has 0 bridgehead atoms. The molecule has 1 rings (SSSR count). The van der Waals surface area contributed by atoms with E-state index in [1.165, 1.54) is 0 Å². The van der Waals surface area contributed by atoms with Gasteiger partial charge in [-0.25, -0.2) is 9.97 Å². The standard InChI is InChI=1S/C9H14N2OS2/c1-8-6-10-9(11-7-8)14-5-3-12-2-4-13/h6-7,13H,2-5H2,1H3. The van der Waals surface area contributed by atoms with Gasteiger partial charge in [0.25, 0.3) is 0 Å². The molecule has 1 heterocycles. The molecule has 0 saturated carbocycles. The maximum atomic E-state index is 5.28. The minimum Gasteiger partial charge on any atom is -0.380 e. The summed E-state index contributed by atoms with van der Waals surface area (Å²) in [6.07, 6.45) is 3.65. The lowest BCUT2D eigenvalue weighted by Crippen LogP contribution is -2.00. The zero-order valence-electron chi connectivity index (χ0n) is 8.14. The van der Waals surface area contributed by atoms with E-state index in [9.17, 15) is 0 Å². The number of thiol groups is 1. The Morgan fingerprint density at radius 2 is 2.07 bits per heavy atom. The van der Waals surface area contributed by atoms with Crippen molar-refractivity contribution in [3.05, 3.63) is 18.0 Å². The van der Waals surface area contributed by atoms with Crippen molar-refractivity contribution in [1.82, 2.24) is 9.97 Å². The normalized spacial score (nSPS) is 10.4. The van der Waals surface area contributed by atoms with Crippen LogP contribution < -0.4 is 0 Å². The molecule has 0 aliphatic carbocycles. The maximum absolute atomic E-state index is 5.28. The Labute approximate surface area is 94.1 Å². The van der Waals surface area contributed by atoms with Gasteiger partial charge in [-0.05, 0) is 12.5 Å². The van der Waals surface area contributed by atoms with E-state index >= 15 is 0 Å². The highest BCUT2D eigenvalue weighted by Gasteiger charge is 1.96. The molecule has 14 heavy (non-hydrogen) atoms. The van der Waals surface area contributed by atoms with Crippen molar-refractivity contribution >= 4 is 24.4 Å². The second kappa shape index (κ2) is 7.09. The van der Waals surface area contributed by atoms with E-state index in [-0.39, 0.29) is 0 Å². The van der Waals surface area contributed by atoms with Crippen LogP contribution in [-0.4, -0.2) is 34.7 Å². The largest absolute Gasteiger partial charge is 0.380 e. The Kier molecular flexibility index (Phi) is 5.98. The number of hydrogen-bond donors (Lipinski definition) is 1. The molecular weight excluding hydrogens is 216 g/mol. The van der Waals surface area contributed by atoms with Gasteiger partial charge in [-0.2, -0.15) is 12.6 Å². The molecule has 0 aliphatic rings. The molecule has 1 aromatic heterocycles. The van der Waals surface area contributed by atoms with Crippen molar-refractivity contribution in [2.75, 3.05) is 24.7 Å². The smallest absolute Gasteiger partial charge is 0.187 e. The van der Waals surface area contributed by atoms with E-state index in [0.29, 0.717) is 6.61 Å². The average molecular weight is 230 g/mol. The van der Waals surface area contributed by atoms with Gasteiger partial charge in [0.2, 0.25) is 0 Å². The summed E-state index contributed by atoms with van der Waals surface area (Å²) in [7, 11) is 0. The van der Waals surface area contributed by atoms with Gasteiger partial charge in [-0.15, -0.1) is 0 Å². The SMILES string of the molecule is Cc1cnc(SCCOCCS)nc1. The van der Waals surface area contributed by atoms with Gasteiger partial charge in [0.05, 0.1) is 13.2 Å². The van der Waals surface area contributed by atoms with Crippen molar-refractivity contribution in [1.29, 1.82) is 0 Å². The van der Waals surface area contributed by atoms with E-state index in [4.69, 9.17) is 4.74 Å². The summed E-state index contributed by atoms with van der Waals surface area (Å²) < 4.78 is 5.28. The van der Waals surface area contributed by atoms with Crippen molar-refractivity contribution < 1.29 is 4.74 Å². The fourth-order valence-electron chi connectivity index (χ4n) is 0.814. The minimum atomic E-state index is 0.707. The van der Waals surface area contributed by atoms with E-state index in [1.807, 2.05) is 19.3 Å². The van der Waals surface area contributed by atoms with Crippen molar-refractivity contribution in [2.24, 2.45) is 0 Å². The molecule has 0 spiro atoms. The Morgan fingerprint density at radius 3 is 2.71 bits per heavy atom. The molecule has 0 radical (unpaired) electrons. The lowest BCUT2D eigenvalue weighted by atomic mass is 10.4. The van der Waals surface area contributed by atoms with Crippen LogP contribution in [0, 0.1) is 6.92 Å². The first-order valence-corrected chi connectivity index (χ1v) is 6.05. The Bertz CT molecular complexity index is 253. The molecule has 0 aliphatic heterocycles. The average Bonchev–Trinajstić information content (AvgIpc) is 2.21. The van der Waals surface area contributed by atoms with Gasteiger partial charge < -0.3 is 4.74 Å². The van der Waals surface area contributed by atoms with Gasteiger partial charge in [0.1, 0.15) is 0 Å². The topological polar surface area (TPSA) is 35.0 Å². The fourth-order valence-corrected chi connectivity index (χ4v) is 1.58. The molecular formula is C9H14N2OS2. The van der Waals surface area contributed by atoms with Crippen molar-refractivity contribution in [3.63, 3.8) is 0 Å². The number of aromatic nitrogens is 2. The molecule has 0 saturated heterocycles. The molecule has 0 aromatic carbocycles. The van der Waals surface area contributed by atoms with Crippen LogP contribution in [-0.2, 0) is 4.74 Å². The number of aryl methyl sites for hydroxylation is 1. The number of hydrogen-bond acceptors (Lipinski definition) is 5. The summed E-state index contributed by atoms with van der Waals surface area (Å²) in [5, 5.41) is 0.810. The lowest BCUT2D eigenvalue weighted by Gasteiger charge is -2.01. The molecule has 78 valence electrons. The summed E-state index contributed by atoms with van der Waals surface area (Å²) in [6.45, 7) is 3.41. The first-order valence-electron chi connectivity index (χ1n) is 4.43. The van der Waals surface area contributed by atoms with E-state index in [1.54, 1.807) is 11.8 Å². The summed E-state index contributed by atoms with van der Waals surface area (Å²) in [4.78, 5) is 8.35. The maximum Gasteiger partial charge on any atom is 0.187 e. The van der Waals surface area contributed by atoms with E-state index < -0.39 is 0 Å². The summed E-state index contributed by atoms with van der Waals surface area (Å²) in [6, 6.07) is 0. The predicted molar refractivity (Wildman–Crippen MR) is 62.2 cm³/mol. The van der Waals surface area contributed by atoms with Gasteiger partial charge in [-0.3, -0.25) is 0 Å². The van der Waals surface area contributed by atoms with Gasteiger partial charge in [0, 0.05) is 23.9 Å². The van der Waals surface area contributed by atoms with Crippen molar-refractivity contribution in [3.8, 4) is 0 Å². The van der Waals surface area contributed by atoms with E-state index in [0.717, 1.165) is 28.8 Å². The second-order valence-corrected chi connectivity index (χ2v) is 4.24.